The van der Waals surface area contributed by atoms with E-state index in [1.165, 1.54) is 0 Å². The molecule has 0 spiro atoms. The molecule has 0 aliphatic carbocycles. The Bertz CT molecular complexity index is 532. The minimum Gasteiger partial charge on any atom is -0.495 e. The van der Waals surface area contributed by atoms with E-state index >= 15 is 0 Å². The summed E-state index contributed by atoms with van der Waals surface area (Å²) in [7, 11) is 1.70. The Labute approximate surface area is 137 Å². The first-order valence-corrected chi connectivity index (χ1v) is 8.26. The number of para-hydroxylation sites is 2. The smallest absolute Gasteiger partial charge is 0.250 e. The molecule has 6 nitrogen and oxygen atoms in total. The van der Waals surface area contributed by atoms with Gasteiger partial charge in [-0.3, -0.25) is 4.79 Å². The molecular weight excluding hydrogens is 294 g/mol. The van der Waals surface area contributed by atoms with E-state index in [9.17, 15) is 4.79 Å². The summed E-state index contributed by atoms with van der Waals surface area (Å²) in [5.41, 5.74) is 1.13. The second kappa shape index (κ2) is 7.66. The van der Waals surface area contributed by atoms with Crippen molar-refractivity contribution in [2.24, 2.45) is 5.92 Å². The Morgan fingerprint density at radius 1 is 1.48 bits per heavy atom. The Morgan fingerprint density at radius 2 is 2.35 bits per heavy atom. The van der Waals surface area contributed by atoms with E-state index in [2.05, 4.69) is 21.6 Å². The van der Waals surface area contributed by atoms with Crippen LogP contribution in [0.5, 0.6) is 5.75 Å². The van der Waals surface area contributed by atoms with Crippen LogP contribution < -0.4 is 20.3 Å². The zero-order valence-electron chi connectivity index (χ0n) is 13.6. The number of benzene rings is 1. The molecule has 2 heterocycles. The molecule has 23 heavy (non-hydrogen) atoms. The predicted molar refractivity (Wildman–Crippen MR) is 88.9 cm³/mol. The average Bonchev–Trinajstić information content (AvgIpc) is 3.09. The van der Waals surface area contributed by atoms with Crippen molar-refractivity contribution in [3.8, 4) is 5.75 Å². The zero-order valence-corrected chi connectivity index (χ0v) is 13.6. The minimum atomic E-state index is -0.351. The summed E-state index contributed by atoms with van der Waals surface area (Å²) in [6.07, 6.45) is 0.720. The number of amides is 1. The number of hydrogen-bond acceptors (Lipinski definition) is 5. The average molecular weight is 319 g/mol. The zero-order chi connectivity index (χ0) is 16.1. The van der Waals surface area contributed by atoms with Gasteiger partial charge in [0.1, 0.15) is 11.9 Å². The number of ether oxygens (including phenoxy) is 2. The van der Waals surface area contributed by atoms with E-state index in [4.69, 9.17) is 9.47 Å². The molecule has 0 radical (unpaired) electrons. The lowest BCUT2D eigenvalue weighted by Gasteiger charge is -2.24. The van der Waals surface area contributed by atoms with Crippen LogP contribution in [-0.2, 0) is 9.53 Å². The molecule has 3 rings (SSSR count). The number of hydrogen-bond donors (Lipinski definition) is 2. The second-order valence-corrected chi connectivity index (χ2v) is 6.08. The lowest BCUT2D eigenvalue weighted by molar-refractivity contribution is -0.134. The van der Waals surface area contributed by atoms with Gasteiger partial charge in [0.25, 0.3) is 0 Å². The van der Waals surface area contributed by atoms with E-state index < -0.39 is 0 Å². The van der Waals surface area contributed by atoms with Crippen molar-refractivity contribution in [1.82, 2.24) is 10.6 Å². The van der Waals surface area contributed by atoms with Gasteiger partial charge in [-0.25, -0.2) is 0 Å². The van der Waals surface area contributed by atoms with E-state index in [-0.39, 0.29) is 12.0 Å². The molecule has 6 heteroatoms. The SMILES string of the molecule is COc1ccccc1N1CCC(CNC(=O)C2CNCCO2)C1. The molecule has 2 atom stereocenters. The summed E-state index contributed by atoms with van der Waals surface area (Å²) in [4.78, 5) is 14.4. The molecule has 1 aromatic carbocycles. The van der Waals surface area contributed by atoms with Gasteiger partial charge in [0.05, 0.1) is 19.4 Å². The van der Waals surface area contributed by atoms with Crippen molar-refractivity contribution in [1.29, 1.82) is 0 Å². The minimum absolute atomic E-state index is 0.00654. The number of carbonyl (C=O) groups excluding carboxylic acids is 1. The quantitative estimate of drug-likeness (QED) is 0.833. The summed E-state index contributed by atoms with van der Waals surface area (Å²) in [5, 5.41) is 6.21. The van der Waals surface area contributed by atoms with Crippen LogP contribution in [0.4, 0.5) is 5.69 Å². The number of nitrogens with one attached hydrogen (secondary N) is 2. The van der Waals surface area contributed by atoms with Gasteiger partial charge in [-0.2, -0.15) is 0 Å². The number of nitrogens with zero attached hydrogens (tertiary/aromatic N) is 1. The maximum Gasteiger partial charge on any atom is 0.250 e. The highest BCUT2D eigenvalue weighted by Gasteiger charge is 2.27. The monoisotopic (exact) mass is 319 g/mol. The first-order valence-electron chi connectivity index (χ1n) is 8.26. The number of methoxy groups -OCH3 is 1. The highest BCUT2D eigenvalue weighted by atomic mass is 16.5. The standard InChI is InChI=1S/C17H25N3O3/c1-22-15-5-3-2-4-14(15)20-8-6-13(12-20)10-19-17(21)16-11-18-7-9-23-16/h2-5,13,16,18H,6-12H2,1H3,(H,19,21). The molecule has 1 amide bonds. The summed E-state index contributed by atoms with van der Waals surface area (Å²) < 4.78 is 10.9. The Morgan fingerprint density at radius 3 is 3.13 bits per heavy atom. The highest BCUT2D eigenvalue weighted by Crippen LogP contribution is 2.31. The van der Waals surface area contributed by atoms with Crippen LogP contribution in [0.1, 0.15) is 6.42 Å². The van der Waals surface area contributed by atoms with Gasteiger partial charge in [0, 0.05) is 32.7 Å². The molecule has 2 fully saturated rings. The molecule has 0 bridgehead atoms. The number of carbonyl (C=O) groups is 1. The van der Waals surface area contributed by atoms with Crippen molar-refractivity contribution < 1.29 is 14.3 Å². The van der Waals surface area contributed by atoms with E-state index in [0.717, 1.165) is 37.5 Å². The Hall–Kier alpha value is -1.79. The van der Waals surface area contributed by atoms with Gasteiger partial charge < -0.3 is 25.0 Å². The number of morpholine rings is 1. The van der Waals surface area contributed by atoms with Crippen LogP contribution in [0.2, 0.25) is 0 Å². The fraction of sp³-hybridized carbons (Fsp3) is 0.588. The molecule has 2 unspecified atom stereocenters. The summed E-state index contributed by atoms with van der Waals surface area (Å²) in [6, 6.07) is 8.08. The second-order valence-electron chi connectivity index (χ2n) is 6.08. The van der Waals surface area contributed by atoms with Crippen LogP contribution in [0.25, 0.3) is 0 Å². The number of anilines is 1. The maximum absolute atomic E-state index is 12.1. The molecule has 1 aromatic rings. The normalized spacial score (nSPS) is 24.5. The van der Waals surface area contributed by atoms with Crippen molar-refractivity contribution in [3.63, 3.8) is 0 Å². The highest BCUT2D eigenvalue weighted by molar-refractivity contribution is 5.81. The molecule has 126 valence electrons. The summed E-state index contributed by atoms with van der Waals surface area (Å²) >= 11 is 0. The van der Waals surface area contributed by atoms with Crippen molar-refractivity contribution in [3.05, 3.63) is 24.3 Å². The molecule has 2 aliphatic rings. The topological polar surface area (TPSA) is 62.8 Å². The summed E-state index contributed by atoms with van der Waals surface area (Å²) in [5.74, 6) is 1.35. The van der Waals surface area contributed by atoms with Crippen LogP contribution in [0.15, 0.2) is 24.3 Å². The lowest BCUT2D eigenvalue weighted by Crippen LogP contribution is -2.48. The lowest BCUT2D eigenvalue weighted by atomic mass is 10.1. The molecule has 0 saturated carbocycles. The fourth-order valence-electron chi connectivity index (χ4n) is 3.20. The molecular formula is C17H25N3O3. The van der Waals surface area contributed by atoms with Crippen LogP contribution in [0, 0.1) is 5.92 Å². The van der Waals surface area contributed by atoms with Gasteiger partial charge in [-0.15, -0.1) is 0 Å². The molecule has 0 aromatic heterocycles. The van der Waals surface area contributed by atoms with Gasteiger partial charge in [0.15, 0.2) is 0 Å². The van der Waals surface area contributed by atoms with Crippen molar-refractivity contribution in [2.75, 3.05) is 51.3 Å². The van der Waals surface area contributed by atoms with Gasteiger partial charge in [-0.1, -0.05) is 12.1 Å². The maximum atomic E-state index is 12.1. The van der Waals surface area contributed by atoms with Gasteiger partial charge in [0.2, 0.25) is 5.91 Å². The van der Waals surface area contributed by atoms with Crippen molar-refractivity contribution in [2.45, 2.75) is 12.5 Å². The first kappa shape index (κ1) is 16.1. The van der Waals surface area contributed by atoms with Crippen molar-refractivity contribution >= 4 is 11.6 Å². The molecule has 2 aliphatic heterocycles. The third kappa shape index (κ3) is 3.95. The van der Waals surface area contributed by atoms with E-state index in [0.29, 0.717) is 25.6 Å². The van der Waals surface area contributed by atoms with Crippen LogP contribution in [-0.4, -0.2) is 58.5 Å². The fourth-order valence-corrected chi connectivity index (χ4v) is 3.20. The van der Waals surface area contributed by atoms with E-state index in [1.54, 1.807) is 7.11 Å². The number of rotatable bonds is 5. The molecule has 2 N–H and O–H groups in total. The first-order chi connectivity index (χ1) is 11.3. The Kier molecular flexibility index (Phi) is 5.35. The Balaban J connectivity index is 1.49. The summed E-state index contributed by atoms with van der Waals surface area (Å²) in [6.45, 7) is 4.64. The van der Waals surface area contributed by atoms with Crippen LogP contribution in [0.3, 0.4) is 0 Å². The van der Waals surface area contributed by atoms with E-state index in [1.807, 2.05) is 18.2 Å². The third-order valence-corrected chi connectivity index (χ3v) is 4.50. The predicted octanol–water partition coefficient (Wildman–Crippen LogP) is 0.626. The third-order valence-electron chi connectivity index (χ3n) is 4.50. The largest absolute Gasteiger partial charge is 0.495 e. The van der Waals surface area contributed by atoms with Gasteiger partial charge in [-0.05, 0) is 24.5 Å². The van der Waals surface area contributed by atoms with Gasteiger partial charge >= 0.3 is 0 Å². The molecule has 2 saturated heterocycles. The van der Waals surface area contributed by atoms with Crippen LogP contribution >= 0.6 is 0 Å².